The summed E-state index contributed by atoms with van der Waals surface area (Å²) >= 11 is 1.51. The summed E-state index contributed by atoms with van der Waals surface area (Å²) in [6.45, 7) is 6.13. The maximum absolute atomic E-state index is 13.4. The Kier molecular flexibility index (Phi) is 8.93. The lowest BCUT2D eigenvalue weighted by molar-refractivity contribution is 0.0449. The summed E-state index contributed by atoms with van der Waals surface area (Å²) in [5.74, 6) is -0.353. The van der Waals surface area contributed by atoms with E-state index < -0.39 is 0 Å². The highest BCUT2D eigenvalue weighted by molar-refractivity contribution is 7.12. The molecule has 0 aliphatic carbocycles. The first kappa shape index (κ1) is 24.7. The Morgan fingerprint density at radius 2 is 1.41 bits per heavy atom. The third-order valence-corrected chi connectivity index (χ3v) is 7.09. The summed E-state index contributed by atoms with van der Waals surface area (Å²) in [4.78, 5) is 17.8. The van der Waals surface area contributed by atoms with Gasteiger partial charge in [0.1, 0.15) is 17.7 Å². The van der Waals surface area contributed by atoms with Crippen LogP contribution in [-0.4, -0.2) is 61.5 Å². The van der Waals surface area contributed by atoms with Crippen molar-refractivity contribution in [1.29, 1.82) is 0 Å². The maximum Gasteiger partial charge on any atom is 0.172 e. The molecule has 0 radical (unpaired) electrons. The molecule has 0 N–H and O–H groups in total. The number of carbonyl (C=O) groups excluding carboxylic acids is 1. The second-order valence-electron chi connectivity index (χ2n) is 8.54. The van der Waals surface area contributed by atoms with Crippen LogP contribution in [0.2, 0.25) is 0 Å². The van der Waals surface area contributed by atoms with E-state index in [0.717, 1.165) is 61.7 Å². The Morgan fingerprint density at radius 3 is 1.94 bits per heavy atom. The number of thiophene rings is 1. The van der Waals surface area contributed by atoms with Crippen molar-refractivity contribution in [2.75, 3.05) is 45.9 Å². The standard InChI is InChI=1S/C27H30F2N2O2S/c28-23-9-5-21(6-10-23)27(22-7-11-24(29)12-8-22)33-19-18-31-16-14-30(15-17-31)13-1-3-25(32)26-4-2-20-34-26/h2,4-12,20,27H,1,3,13-19H2. The van der Waals surface area contributed by atoms with Gasteiger partial charge < -0.3 is 9.64 Å². The van der Waals surface area contributed by atoms with Crippen LogP contribution in [0.25, 0.3) is 0 Å². The van der Waals surface area contributed by atoms with Gasteiger partial charge >= 0.3 is 0 Å². The van der Waals surface area contributed by atoms with E-state index in [-0.39, 0.29) is 23.5 Å². The van der Waals surface area contributed by atoms with Gasteiger partial charge in [-0.15, -0.1) is 11.3 Å². The number of rotatable bonds is 11. The fourth-order valence-corrected chi connectivity index (χ4v) is 4.91. The first-order valence-corrected chi connectivity index (χ1v) is 12.6. The van der Waals surface area contributed by atoms with Crippen LogP contribution >= 0.6 is 11.3 Å². The quantitative estimate of drug-likeness (QED) is 0.341. The molecule has 0 amide bonds. The molecule has 0 bridgehead atoms. The number of nitrogens with zero attached hydrogens (tertiary/aromatic N) is 2. The maximum atomic E-state index is 13.4. The number of benzene rings is 2. The van der Waals surface area contributed by atoms with E-state index in [4.69, 9.17) is 4.74 Å². The van der Waals surface area contributed by atoms with Crippen LogP contribution in [0, 0.1) is 11.6 Å². The summed E-state index contributed by atoms with van der Waals surface area (Å²) in [6, 6.07) is 16.3. The minimum Gasteiger partial charge on any atom is -0.367 e. The van der Waals surface area contributed by atoms with Crippen LogP contribution < -0.4 is 0 Å². The number of ketones is 1. The number of hydrogen-bond acceptors (Lipinski definition) is 5. The third-order valence-electron chi connectivity index (χ3n) is 6.18. The van der Waals surface area contributed by atoms with Gasteiger partial charge in [-0.25, -0.2) is 8.78 Å². The predicted molar refractivity (Wildman–Crippen MR) is 131 cm³/mol. The zero-order chi connectivity index (χ0) is 23.8. The number of carbonyl (C=O) groups is 1. The van der Waals surface area contributed by atoms with E-state index in [2.05, 4.69) is 9.80 Å². The van der Waals surface area contributed by atoms with Crippen molar-refractivity contribution in [1.82, 2.24) is 9.80 Å². The zero-order valence-corrected chi connectivity index (χ0v) is 20.0. The molecule has 1 aliphatic rings. The number of piperazine rings is 1. The Labute approximate surface area is 203 Å². The van der Waals surface area contributed by atoms with Crippen molar-refractivity contribution >= 4 is 17.1 Å². The Hall–Kier alpha value is -2.45. The summed E-state index contributed by atoms with van der Waals surface area (Å²) < 4.78 is 33.0. The first-order valence-electron chi connectivity index (χ1n) is 11.7. The molecular formula is C27H30F2N2O2S. The van der Waals surface area contributed by atoms with Crippen LogP contribution in [0.15, 0.2) is 66.0 Å². The summed E-state index contributed by atoms with van der Waals surface area (Å²) in [5, 5.41) is 1.94. The largest absolute Gasteiger partial charge is 0.367 e. The number of halogens is 2. The summed E-state index contributed by atoms with van der Waals surface area (Å²) in [7, 11) is 0. The number of hydrogen-bond donors (Lipinski definition) is 0. The Bertz CT molecular complexity index is 972. The van der Waals surface area contributed by atoms with Gasteiger partial charge in [0.05, 0.1) is 11.5 Å². The average molecular weight is 485 g/mol. The van der Waals surface area contributed by atoms with E-state index in [1.165, 1.54) is 35.6 Å². The highest BCUT2D eigenvalue weighted by atomic mass is 32.1. The molecule has 7 heteroatoms. The topological polar surface area (TPSA) is 32.8 Å². The van der Waals surface area contributed by atoms with Gasteiger partial charge in [-0.05, 0) is 59.8 Å². The molecule has 0 spiro atoms. The minimum absolute atomic E-state index is 0.239. The molecule has 0 unspecified atom stereocenters. The molecule has 1 aliphatic heterocycles. The van der Waals surface area contributed by atoms with Crippen LogP contribution in [-0.2, 0) is 4.74 Å². The molecule has 2 aromatic carbocycles. The molecule has 3 aromatic rings. The van der Waals surface area contributed by atoms with Crippen molar-refractivity contribution in [3.05, 3.63) is 93.7 Å². The molecule has 1 aromatic heterocycles. The normalized spacial score (nSPS) is 15.1. The number of Topliss-reactive ketones (excluding diaryl/α,β-unsaturated/α-hetero) is 1. The van der Waals surface area contributed by atoms with E-state index in [1.54, 1.807) is 24.3 Å². The lowest BCUT2D eigenvalue weighted by atomic mass is 10.0. The molecule has 4 rings (SSSR count). The fourth-order valence-electron chi connectivity index (χ4n) is 4.22. The Balaban J connectivity index is 1.21. The highest BCUT2D eigenvalue weighted by Crippen LogP contribution is 2.26. The van der Waals surface area contributed by atoms with Gasteiger partial charge in [-0.2, -0.15) is 0 Å². The molecule has 1 saturated heterocycles. The molecule has 1 fully saturated rings. The van der Waals surface area contributed by atoms with Gasteiger partial charge in [0.15, 0.2) is 5.78 Å². The molecule has 0 saturated carbocycles. The van der Waals surface area contributed by atoms with E-state index in [0.29, 0.717) is 13.0 Å². The molecule has 4 nitrogen and oxygen atoms in total. The van der Waals surface area contributed by atoms with Gasteiger partial charge in [-0.1, -0.05) is 30.3 Å². The van der Waals surface area contributed by atoms with Gasteiger partial charge in [-0.3, -0.25) is 9.69 Å². The Morgan fingerprint density at radius 1 is 0.853 bits per heavy atom. The van der Waals surface area contributed by atoms with Crippen molar-refractivity contribution < 1.29 is 18.3 Å². The van der Waals surface area contributed by atoms with Crippen molar-refractivity contribution in [2.45, 2.75) is 18.9 Å². The van der Waals surface area contributed by atoms with E-state index in [9.17, 15) is 13.6 Å². The lowest BCUT2D eigenvalue weighted by Gasteiger charge is -2.34. The van der Waals surface area contributed by atoms with Crippen molar-refractivity contribution in [2.24, 2.45) is 0 Å². The third kappa shape index (κ3) is 7.03. The van der Waals surface area contributed by atoms with E-state index in [1.807, 2.05) is 17.5 Å². The SMILES string of the molecule is O=C(CCCN1CCN(CCOC(c2ccc(F)cc2)c2ccc(F)cc2)CC1)c1cccs1. The first-order chi connectivity index (χ1) is 16.6. The highest BCUT2D eigenvalue weighted by Gasteiger charge is 2.19. The van der Waals surface area contributed by atoms with Crippen LogP contribution in [0.4, 0.5) is 8.78 Å². The van der Waals surface area contributed by atoms with Gasteiger partial charge in [0, 0.05) is 39.1 Å². The molecule has 180 valence electrons. The second kappa shape index (κ2) is 12.3. The smallest absolute Gasteiger partial charge is 0.172 e. The molecule has 0 atom stereocenters. The molecular weight excluding hydrogens is 454 g/mol. The van der Waals surface area contributed by atoms with E-state index >= 15 is 0 Å². The minimum atomic E-state index is -0.372. The summed E-state index contributed by atoms with van der Waals surface area (Å²) in [6.07, 6.45) is 1.11. The molecule has 34 heavy (non-hydrogen) atoms. The monoisotopic (exact) mass is 484 g/mol. The number of ether oxygens (including phenoxy) is 1. The average Bonchev–Trinajstić information content (AvgIpc) is 3.40. The fraction of sp³-hybridized carbons (Fsp3) is 0.370. The molecule has 2 heterocycles. The lowest BCUT2D eigenvalue weighted by Crippen LogP contribution is -2.47. The summed E-state index contributed by atoms with van der Waals surface area (Å²) in [5.41, 5.74) is 1.69. The van der Waals surface area contributed by atoms with Crippen LogP contribution in [0.1, 0.15) is 39.7 Å². The van der Waals surface area contributed by atoms with Gasteiger partial charge in [0.2, 0.25) is 0 Å². The van der Waals surface area contributed by atoms with Crippen LogP contribution in [0.3, 0.4) is 0 Å². The zero-order valence-electron chi connectivity index (χ0n) is 19.2. The van der Waals surface area contributed by atoms with Gasteiger partial charge in [0.25, 0.3) is 0 Å². The van der Waals surface area contributed by atoms with Crippen molar-refractivity contribution in [3.63, 3.8) is 0 Å². The predicted octanol–water partition coefficient (Wildman–Crippen LogP) is 5.41. The van der Waals surface area contributed by atoms with Crippen molar-refractivity contribution in [3.8, 4) is 0 Å². The second-order valence-corrected chi connectivity index (χ2v) is 9.49. The van der Waals surface area contributed by atoms with Crippen LogP contribution in [0.5, 0.6) is 0 Å².